The minimum Gasteiger partial charge on any atom is -0.224 e. The summed E-state index contributed by atoms with van der Waals surface area (Å²) in [7, 11) is 0. The lowest BCUT2D eigenvalue weighted by Crippen LogP contribution is -2.11. The Morgan fingerprint density at radius 1 is 1.00 bits per heavy atom. The molecule has 2 aromatic carbocycles. The van der Waals surface area contributed by atoms with Crippen molar-refractivity contribution >= 4 is 22.7 Å². The van der Waals surface area contributed by atoms with E-state index in [0.717, 1.165) is 17.3 Å². The predicted octanol–water partition coefficient (Wildman–Crippen LogP) is 4.81. The molecule has 0 saturated heterocycles. The molecule has 0 amide bonds. The van der Waals surface area contributed by atoms with Crippen LogP contribution in [0.4, 0.5) is 13.2 Å². The number of nitriles is 1. The zero-order valence-corrected chi connectivity index (χ0v) is 13.0. The van der Waals surface area contributed by atoms with Crippen LogP contribution in [0.2, 0.25) is 0 Å². The maximum atomic E-state index is 13.0. The van der Waals surface area contributed by atoms with E-state index >= 15 is 0 Å². The Morgan fingerprint density at radius 2 is 1.71 bits per heavy atom. The maximum absolute atomic E-state index is 13.0. The first kappa shape index (κ1) is 16.3. The summed E-state index contributed by atoms with van der Waals surface area (Å²) in [6, 6.07) is 15.6. The van der Waals surface area contributed by atoms with Crippen LogP contribution in [0.15, 0.2) is 53.6 Å². The highest BCUT2D eigenvalue weighted by Gasteiger charge is 2.35. The van der Waals surface area contributed by atoms with Gasteiger partial charge in [-0.15, -0.1) is 11.8 Å². The van der Waals surface area contributed by atoms with Gasteiger partial charge in [0.05, 0.1) is 17.1 Å². The number of aromatic nitrogens is 2. The smallest absolute Gasteiger partial charge is 0.224 e. The van der Waals surface area contributed by atoms with Crippen molar-refractivity contribution in [3.63, 3.8) is 0 Å². The standard InChI is InChI=1S/C17H10F3N3S/c18-17(19,20)16-22-14-8-4-3-7-13(14)15(23-16)24-10-12-6-2-1-5-11(12)9-21/h1-8H,10H2. The average Bonchev–Trinajstić information content (AvgIpc) is 2.58. The highest BCUT2D eigenvalue weighted by molar-refractivity contribution is 7.98. The van der Waals surface area contributed by atoms with Gasteiger partial charge in [0.15, 0.2) is 0 Å². The molecule has 24 heavy (non-hydrogen) atoms. The molecule has 7 heteroatoms. The van der Waals surface area contributed by atoms with Crippen molar-refractivity contribution in [1.29, 1.82) is 5.26 Å². The molecule has 3 aromatic rings. The minimum atomic E-state index is -4.61. The van der Waals surface area contributed by atoms with E-state index in [1.807, 2.05) is 0 Å². The first-order valence-corrected chi connectivity index (χ1v) is 7.92. The second kappa shape index (κ2) is 6.49. The molecular weight excluding hydrogens is 335 g/mol. The fourth-order valence-electron chi connectivity index (χ4n) is 2.19. The fourth-order valence-corrected chi connectivity index (χ4v) is 3.21. The number of fused-ring (bicyclic) bond motifs is 1. The largest absolute Gasteiger partial charge is 0.451 e. The van der Waals surface area contributed by atoms with E-state index < -0.39 is 12.0 Å². The summed E-state index contributed by atoms with van der Waals surface area (Å²) in [5.41, 5.74) is 1.50. The molecule has 1 heterocycles. The van der Waals surface area contributed by atoms with Crippen molar-refractivity contribution < 1.29 is 13.2 Å². The molecule has 0 bridgehead atoms. The van der Waals surface area contributed by atoms with Gasteiger partial charge in [-0.2, -0.15) is 18.4 Å². The molecular formula is C17H10F3N3S. The van der Waals surface area contributed by atoms with E-state index in [4.69, 9.17) is 5.26 Å². The van der Waals surface area contributed by atoms with Gasteiger partial charge in [0, 0.05) is 11.1 Å². The summed E-state index contributed by atoms with van der Waals surface area (Å²) in [4.78, 5) is 7.28. The lowest BCUT2D eigenvalue weighted by atomic mass is 10.1. The summed E-state index contributed by atoms with van der Waals surface area (Å²) in [6.45, 7) is 0. The number of hydrogen-bond acceptors (Lipinski definition) is 4. The van der Waals surface area contributed by atoms with E-state index in [0.29, 0.717) is 16.7 Å². The van der Waals surface area contributed by atoms with Gasteiger partial charge in [-0.05, 0) is 17.7 Å². The van der Waals surface area contributed by atoms with Crippen molar-refractivity contribution in [2.75, 3.05) is 0 Å². The van der Waals surface area contributed by atoms with Crippen LogP contribution in [0.1, 0.15) is 17.0 Å². The van der Waals surface area contributed by atoms with Gasteiger partial charge in [0.25, 0.3) is 0 Å². The number of alkyl halides is 3. The van der Waals surface area contributed by atoms with Gasteiger partial charge in [-0.25, -0.2) is 9.97 Å². The zero-order chi connectivity index (χ0) is 17.2. The van der Waals surface area contributed by atoms with Gasteiger partial charge in [0.1, 0.15) is 5.03 Å². The fraction of sp³-hybridized carbons (Fsp3) is 0.118. The second-order valence-electron chi connectivity index (χ2n) is 4.92. The second-order valence-corrected chi connectivity index (χ2v) is 5.89. The molecule has 0 radical (unpaired) electrons. The summed E-state index contributed by atoms with van der Waals surface area (Å²) < 4.78 is 39.0. The van der Waals surface area contributed by atoms with Gasteiger partial charge in [0.2, 0.25) is 5.82 Å². The molecule has 3 nitrogen and oxygen atoms in total. The third-order valence-electron chi connectivity index (χ3n) is 3.32. The Kier molecular flexibility index (Phi) is 4.40. The Hall–Kier alpha value is -2.59. The summed E-state index contributed by atoms with van der Waals surface area (Å²) in [5.74, 6) is -0.806. The lowest BCUT2D eigenvalue weighted by Gasteiger charge is -2.10. The van der Waals surface area contributed by atoms with Crippen LogP contribution in [0.3, 0.4) is 0 Å². The molecule has 0 aliphatic heterocycles. The topological polar surface area (TPSA) is 49.6 Å². The van der Waals surface area contributed by atoms with Crippen molar-refractivity contribution in [1.82, 2.24) is 9.97 Å². The first-order chi connectivity index (χ1) is 11.5. The minimum absolute atomic E-state index is 0.246. The first-order valence-electron chi connectivity index (χ1n) is 6.94. The molecule has 0 N–H and O–H groups in total. The van der Waals surface area contributed by atoms with Crippen molar-refractivity contribution in [2.45, 2.75) is 17.0 Å². The quantitative estimate of drug-likeness (QED) is 0.505. The van der Waals surface area contributed by atoms with Crippen LogP contribution >= 0.6 is 11.8 Å². The number of rotatable bonds is 3. The van der Waals surface area contributed by atoms with E-state index in [9.17, 15) is 13.2 Å². The maximum Gasteiger partial charge on any atom is 0.451 e. The third kappa shape index (κ3) is 3.34. The normalized spacial score (nSPS) is 11.4. The van der Waals surface area contributed by atoms with Crippen molar-refractivity contribution in [2.24, 2.45) is 0 Å². The van der Waals surface area contributed by atoms with Crippen molar-refractivity contribution in [3.8, 4) is 6.07 Å². The van der Waals surface area contributed by atoms with Crippen LogP contribution < -0.4 is 0 Å². The van der Waals surface area contributed by atoms with Crippen LogP contribution in [0.25, 0.3) is 10.9 Å². The number of nitrogens with zero attached hydrogens (tertiary/aromatic N) is 3. The number of para-hydroxylation sites is 1. The molecule has 0 atom stereocenters. The van der Waals surface area contributed by atoms with Crippen LogP contribution in [0, 0.1) is 11.3 Å². The Labute approximate surface area is 140 Å². The molecule has 0 aliphatic rings. The summed E-state index contributed by atoms with van der Waals surface area (Å²) in [6.07, 6.45) is -4.61. The van der Waals surface area contributed by atoms with E-state index in [1.165, 1.54) is 6.07 Å². The summed E-state index contributed by atoms with van der Waals surface area (Å²) >= 11 is 1.16. The van der Waals surface area contributed by atoms with Gasteiger partial charge in [-0.1, -0.05) is 36.4 Å². The SMILES string of the molecule is N#Cc1ccccc1CSc1nc(C(F)(F)F)nc2ccccc12. The highest BCUT2D eigenvalue weighted by atomic mass is 32.2. The van der Waals surface area contributed by atoms with Gasteiger partial charge < -0.3 is 0 Å². The Morgan fingerprint density at radius 3 is 2.46 bits per heavy atom. The molecule has 1 aromatic heterocycles. The number of benzene rings is 2. The number of hydrogen-bond donors (Lipinski definition) is 0. The lowest BCUT2D eigenvalue weighted by molar-refractivity contribution is -0.145. The van der Waals surface area contributed by atoms with Gasteiger partial charge >= 0.3 is 6.18 Å². The van der Waals surface area contributed by atoms with Gasteiger partial charge in [-0.3, -0.25) is 0 Å². The monoisotopic (exact) mass is 345 g/mol. The zero-order valence-electron chi connectivity index (χ0n) is 12.2. The Bertz CT molecular complexity index is 932. The molecule has 0 fully saturated rings. The van der Waals surface area contributed by atoms with Crippen molar-refractivity contribution in [3.05, 3.63) is 65.5 Å². The van der Waals surface area contributed by atoms with Crippen LogP contribution in [-0.2, 0) is 11.9 Å². The summed E-state index contributed by atoms with van der Waals surface area (Å²) in [5, 5.41) is 9.92. The van der Waals surface area contributed by atoms with E-state index in [2.05, 4.69) is 16.0 Å². The van der Waals surface area contributed by atoms with Crippen LogP contribution in [0.5, 0.6) is 0 Å². The molecule has 0 spiro atoms. The molecule has 0 saturated carbocycles. The molecule has 0 unspecified atom stereocenters. The number of halogens is 3. The third-order valence-corrected chi connectivity index (χ3v) is 4.36. The van der Waals surface area contributed by atoms with E-state index in [-0.39, 0.29) is 10.5 Å². The highest BCUT2D eigenvalue weighted by Crippen LogP contribution is 2.33. The molecule has 120 valence electrons. The van der Waals surface area contributed by atoms with E-state index in [1.54, 1.807) is 42.5 Å². The number of thioether (sulfide) groups is 1. The predicted molar refractivity (Wildman–Crippen MR) is 85.3 cm³/mol. The molecule has 3 rings (SSSR count). The average molecular weight is 345 g/mol. The van der Waals surface area contributed by atoms with Crippen LogP contribution in [-0.4, -0.2) is 9.97 Å². The Balaban J connectivity index is 2.01. The molecule has 0 aliphatic carbocycles.